The van der Waals surface area contributed by atoms with Crippen molar-refractivity contribution in [2.24, 2.45) is 17.0 Å². The molecule has 4 saturated carbocycles. The van der Waals surface area contributed by atoms with Crippen LogP contribution in [-0.2, 0) is 34.0 Å². The maximum absolute atomic E-state index is 14.7. The minimum absolute atomic E-state index is 0.112. The van der Waals surface area contributed by atoms with Gasteiger partial charge in [-0.25, -0.2) is 22.0 Å². The van der Waals surface area contributed by atoms with Gasteiger partial charge in [0.25, 0.3) is 5.91 Å². The van der Waals surface area contributed by atoms with Crippen LogP contribution < -0.4 is 15.4 Å². The summed E-state index contributed by atoms with van der Waals surface area (Å²) < 4.78 is 61.3. The molecular formula is C40H47F2N5O8S. The number of nitrogens with one attached hydrogen (secondary N) is 3. The Morgan fingerprint density at radius 2 is 1.43 bits per heavy atom. The molecule has 16 heteroatoms. The summed E-state index contributed by atoms with van der Waals surface area (Å²) in [5, 5.41) is 9.05. The lowest BCUT2D eigenvalue weighted by atomic mass is 9.83. The van der Waals surface area contributed by atoms with Gasteiger partial charge in [-0.2, -0.15) is 0 Å². The number of sulfonamides is 1. The number of carbonyl (C=O) groups excluding carboxylic acids is 4. The van der Waals surface area contributed by atoms with E-state index in [0.29, 0.717) is 31.4 Å². The van der Waals surface area contributed by atoms with Crippen LogP contribution in [0.25, 0.3) is 11.1 Å². The number of alkyl halides is 2. The normalized spacial score (nSPS) is 26.6. The largest absolute Gasteiger partial charge is 0.446 e. The fraction of sp³-hybridized carbons (Fsp3) is 0.575. The van der Waals surface area contributed by atoms with Gasteiger partial charge in [-0.15, -0.1) is 0 Å². The van der Waals surface area contributed by atoms with E-state index in [-0.39, 0.29) is 25.0 Å². The number of alkyl carbamates (subject to hydrolysis) is 1. The van der Waals surface area contributed by atoms with Crippen molar-refractivity contribution in [2.75, 3.05) is 6.54 Å². The average Bonchev–Trinajstić information content (AvgIpc) is 4.04. The van der Waals surface area contributed by atoms with Crippen LogP contribution >= 0.6 is 0 Å². The molecule has 13 nitrogen and oxygen atoms in total. The predicted molar refractivity (Wildman–Crippen MR) is 200 cm³/mol. The number of ether oxygens (including phenoxy) is 1. The number of fused-ring (bicyclic) bond motifs is 3. The lowest BCUT2D eigenvalue weighted by molar-refractivity contribution is -0.142. The second-order valence-corrected chi connectivity index (χ2v) is 18.1. The van der Waals surface area contributed by atoms with E-state index in [1.807, 2.05) is 53.3 Å². The number of rotatable bonds is 12. The van der Waals surface area contributed by atoms with E-state index >= 15 is 0 Å². The summed E-state index contributed by atoms with van der Waals surface area (Å²) >= 11 is 0. The third-order valence-electron chi connectivity index (χ3n) is 12.3. The Morgan fingerprint density at radius 1 is 0.821 bits per heavy atom. The molecule has 0 aromatic heterocycles. The second kappa shape index (κ2) is 15.4. The monoisotopic (exact) mass is 795 g/mol. The van der Waals surface area contributed by atoms with Crippen LogP contribution in [0, 0.1) is 11.8 Å². The molecule has 0 unspecified atom stereocenters. The van der Waals surface area contributed by atoms with Crippen LogP contribution in [0.2, 0.25) is 0 Å². The quantitative estimate of drug-likeness (QED) is 0.220. The van der Waals surface area contributed by atoms with Gasteiger partial charge >= 0.3 is 6.09 Å². The standard InChI is InChI=1S/C40H47F2N5O8S/c41-35(42)31-21-40(31,38(50)46-56(52,53)26-18-19-26)44-36(48)32-20-25(55-45-34-29-16-8-6-14-27(29)28-15-7-9-17-30(28)34)22-47(32)37(49)33(23-10-2-1-3-11-23)43-39(51)54-24-12-4-5-13-24/h6-9,14-17,23-26,31-33,35H,1-5,10-13,18-22H2,(H,43,51)(H,44,48)(H,46,50)/t25-,31+,32+,33+,40+/m1/s1. The molecule has 1 saturated heterocycles. The summed E-state index contributed by atoms with van der Waals surface area (Å²) in [6, 6.07) is 13.1. The van der Waals surface area contributed by atoms with Crippen LogP contribution in [0.3, 0.4) is 0 Å². The number of hydrogen-bond donors (Lipinski definition) is 3. The van der Waals surface area contributed by atoms with Gasteiger partial charge in [0.15, 0.2) is 0 Å². The highest BCUT2D eigenvalue weighted by Gasteiger charge is 2.67. The van der Waals surface area contributed by atoms with E-state index in [2.05, 4.69) is 15.8 Å². The number of carbonyl (C=O) groups is 4. The first-order valence-corrected chi connectivity index (χ1v) is 21.4. The third kappa shape index (κ3) is 7.60. The van der Waals surface area contributed by atoms with Gasteiger partial charge in [-0.05, 0) is 74.8 Å². The Labute approximate surface area is 324 Å². The van der Waals surface area contributed by atoms with E-state index in [0.717, 1.165) is 67.2 Å². The van der Waals surface area contributed by atoms with Gasteiger partial charge in [-0.1, -0.05) is 72.9 Å². The van der Waals surface area contributed by atoms with Crippen molar-refractivity contribution in [1.82, 2.24) is 20.3 Å². The van der Waals surface area contributed by atoms with Gasteiger partial charge in [-0.3, -0.25) is 19.1 Å². The minimum Gasteiger partial charge on any atom is -0.446 e. The molecule has 1 aliphatic heterocycles. The molecule has 56 heavy (non-hydrogen) atoms. The maximum Gasteiger partial charge on any atom is 0.408 e. The van der Waals surface area contributed by atoms with E-state index in [4.69, 9.17) is 9.57 Å². The van der Waals surface area contributed by atoms with Crippen molar-refractivity contribution in [3.8, 4) is 11.1 Å². The van der Waals surface area contributed by atoms with Crippen molar-refractivity contribution in [1.29, 1.82) is 0 Å². The molecule has 0 spiro atoms. The first-order chi connectivity index (χ1) is 26.9. The van der Waals surface area contributed by atoms with E-state index < -0.39 is 81.6 Å². The van der Waals surface area contributed by atoms with Crippen molar-refractivity contribution in [2.45, 2.75) is 125 Å². The molecule has 3 N–H and O–H groups in total. The summed E-state index contributed by atoms with van der Waals surface area (Å²) in [6.07, 6.45) is 2.59. The number of nitrogens with zero attached hydrogens (tertiary/aromatic N) is 2. The molecule has 6 aliphatic rings. The van der Waals surface area contributed by atoms with Crippen molar-refractivity contribution in [3.63, 3.8) is 0 Å². The van der Waals surface area contributed by atoms with Gasteiger partial charge < -0.3 is 25.1 Å². The fourth-order valence-electron chi connectivity index (χ4n) is 8.97. The predicted octanol–water partition coefficient (Wildman–Crippen LogP) is 4.77. The molecule has 2 aromatic rings. The summed E-state index contributed by atoms with van der Waals surface area (Å²) in [5.74, 6) is -4.58. The topological polar surface area (TPSA) is 173 Å². The van der Waals surface area contributed by atoms with Crippen molar-refractivity contribution in [3.05, 3.63) is 59.7 Å². The highest BCUT2D eigenvalue weighted by Crippen LogP contribution is 2.48. The van der Waals surface area contributed by atoms with Crippen LogP contribution in [0.4, 0.5) is 13.6 Å². The molecule has 0 radical (unpaired) electrons. The molecule has 5 fully saturated rings. The summed E-state index contributed by atoms with van der Waals surface area (Å²) in [7, 11) is -4.12. The van der Waals surface area contributed by atoms with Gasteiger partial charge in [0.1, 0.15) is 35.5 Å². The van der Waals surface area contributed by atoms with Gasteiger partial charge in [0, 0.05) is 17.5 Å². The molecule has 8 rings (SSSR count). The summed E-state index contributed by atoms with van der Waals surface area (Å²) in [5.41, 5.74) is 2.02. The van der Waals surface area contributed by atoms with Crippen LogP contribution in [0.5, 0.6) is 0 Å². The van der Waals surface area contributed by atoms with Gasteiger partial charge in [0.05, 0.1) is 17.7 Å². The molecule has 5 atom stereocenters. The zero-order valence-electron chi connectivity index (χ0n) is 31.0. The molecular weight excluding hydrogens is 749 g/mol. The molecule has 4 amide bonds. The zero-order valence-corrected chi connectivity index (χ0v) is 31.8. The number of hydrogen-bond acceptors (Lipinski definition) is 9. The number of amides is 4. The Balaban J connectivity index is 1.08. The van der Waals surface area contributed by atoms with Crippen LogP contribution in [0.15, 0.2) is 53.7 Å². The lowest BCUT2D eigenvalue weighted by Gasteiger charge is -2.34. The van der Waals surface area contributed by atoms with Gasteiger partial charge in [0.2, 0.25) is 28.3 Å². The SMILES string of the molecule is O=C(N[C@H](C(=O)N1C[C@H](ON=C2c3ccccc3-c3ccccc32)C[C@H]1C(=O)N[C@@]1(C(=O)NS(=O)(=O)C2CC2)C[C@H]1C(F)F)C1CCCCC1)OC1CCCC1. The van der Waals surface area contributed by atoms with Crippen molar-refractivity contribution < 1.29 is 46.0 Å². The number of benzene rings is 2. The summed E-state index contributed by atoms with van der Waals surface area (Å²) in [6.45, 7) is -0.132. The Kier molecular flexibility index (Phi) is 10.5. The lowest BCUT2D eigenvalue weighted by Crippen LogP contribution is -2.59. The Morgan fingerprint density at radius 3 is 2.02 bits per heavy atom. The fourth-order valence-corrected chi connectivity index (χ4v) is 10.3. The minimum atomic E-state index is -4.12. The molecule has 5 aliphatic carbocycles. The first kappa shape index (κ1) is 38.3. The number of likely N-dealkylation sites (tertiary alicyclic amines) is 1. The highest BCUT2D eigenvalue weighted by atomic mass is 32.2. The second-order valence-electron chi connectivity index (χ2n) is 16.1. The first-order valence-electron chi connectivity index (χ1n) is 19.8. The average molecular weight is 796 g/mol. The van der Waals surface area contributed by atoms with E-state index in [1.54, 1.807) is 0 Å². The van der Waals surface area contributed by atoms with Crippen molar-refractivity contribution >= 4 is 39.5 Å². The summed E-state index contributed by atoms with van der Waals surface area (Å²) in [4.78, 5) is 63.1. The Bertz CT molecular complexity index is 1970. The smallest absolute Gasteiger partial charge is 0.408 e. The van der Waals surface area contributed by atoms with Crippen LogP contribution in [-0.4, -0.2) is 90.9 Å². The molecule has 2 aromatic carbocycles. The number of halogens is 2. The molecule has 1 heterocycles. The molecule has 300 valence electrons. The van der Waals surface area contributed by atoms with E-state index in [9.17, 15) is 36.4 Å². The van der Waals surface area contributed by atoms with Crippen LogP contribution in [0.1, 0.15) is 94.6 Å². The third-order valence-corrected chi connectivity index (χ3v) is 14.1. The van der Waals surface area contributed by atoms with E-state index in [1.165, 1.54) is 4.90 Å². The molecule has 0 bridgehead atoms. The highest BCUT2D eigenvalue weighted by molar-refractivity contribution is 7.91. The zero-order chi connectivity index (χ0) is 39.2. The Hall–Kier alpha value is -4.60. The number of oxime groups is 1. The maximum atomic E-state index is 14.7.